The lowest BCUT2D eigenvalue weighted by atomic mass is 9.82. The van der Waals surface area contributed by atoms with Gasteiger partial charge >= 0.3 is 11.7 Å². The summed E-state index contributed by atoms with van der Waals surface area (Å²) in [7, 11) is 0. The maximum absolute atomic E-state index is 11.1. The molecule has 0 aromatic carbocycles. The molecule has 0 aliphatic carbocycles. The van der Waals surface area contributed by atoms with Crippen LogP contribution < -0.4 is 5.32 Å². The van der Waals surface area contributed by atoms with E-state index >= 15 is 0 Å². The molecule has 7 heteroatoms. The van der Waals surface area contributed by atoms with E-state index in [1.165, 1.54) is 6.07 Å². The number of nitrogens with zero attached hydrogens (tertiary/aromatic N) is 2. The van der Waals surface area contributed by atoms with E-state index in [-0.39, 0.29) is 16.5 Å². The van der Waals surface area contributed by atoms with Crippen LogP contribution >= 0.6 is 0 Å². The first-order valence-electron chi connectivity index (χ1n) is 6.57. The summed E-state index contributed by atoms with van der Waals surface area (Å²) in [6, 6.07) is 1.20. The first-order valence-corrected chi connectivity index (χ1v) is 6.57. The zero-order chi connectivity index (χ0) is 16.4. The minimum atomic E-state index is -1.35. The van der Waals surface area contributed by atoms with Gasteiger partial charge in [0.2, 0.25) is 0 Å². The normalized spacial score (nSPS) is 12.0. The van der Waals surface area contributed by atoms with E-state index in [2.05, 4.69) is 31.1 Å². The highest BCUT2D eigenvalue weighted by Gasteiger charge is 2.27. The number of nitrogens with one attached hydrogen (secondary N) is 1. The van der Waals surface area contributed by atoms with Crippen molar-refractivity contribution in [2.45, 2.75) is 46.6 Å². The van der Waals surface area contributed by atoms with Gasteiger partial charge in [0, 0.05) is 11.6 Å². The monoisotopic (exact) mass is 295 g/mol. The van der Waals surface area contributed by atoms with Gasteiger partial charge in [0.1, 0.15) is 17.6 Å². The second kappa shape index (κ2) is 5.67. The molecule has 0 saturated carbocycles. The van der Waals surface area contributed by atoms with Gasteiger partial charge in [-0.05, 0) is 25.7 Å². The van der Waals surface area contributed by atoms with E-state index in [1.807, 2.05) is 13.8 Å². The van der Waals surface area contributed by atoms with Crippen molar-refractivity contribution in [3.05, 3.63) is 27.9 Å². The lowest BCUT2D eigenvalue weighted by Crippen LogP contribution is -2.35. The van der Waals surface area contributed by atoms with E-state index in [1.54, 1.807) is 0 Å². The summed E-state index contributed by atoms with van der Waals surface area (Å²) in [5.74, 6) is -1.03. The smallest absolute Gasteiger partial charge is 0.342 e. The first-order chi connectivity index (χ1) is 9.41. The summed E-state index contributed by atoms with van der Waals surface area (Å²) in [5, 5.41) is 23.0. The second-order valence-electron chi connectivity index (χ2n) is 6.90. The minimum Gasteiger partial charge on any atom is -0.477 e. The molecule has 21 heavy (non-hydrogen) atoms. The molecule has 0 amide bonds. The van der Waals surface area contributed by atoms with Crippen LogP contribution in [-0.2, 0) is 0 Å². The molecule has 0 atom stereocenters. The zero-order valence-corrected chi connectivity index (χ0v) is 12.9. The van der Waals surface area contributed by atoms with Crippen molar-refractivity contribution in [2.75, 3.05) is 5.32 Å². The number of hydrogen-bond acceptors (Lipinski definition) is 5. The van der Waals surface area contributed by atoms with E-state index < -0.39 is 16.6 Å². The standard InChI is InChI=1S/C14H21N3O4/c1-13(2,3)8-14(4,5)16-11-6-9(12(18)19)10(7-15-11)17(20)21/h6-7H,8H2,1-5H3,(H,15,16)(H,18,19). The Morgan fingerprint density at radius 2 is 1.95 bits per heavy atom. The fourth-order valence-electron chi connectivity index (χ4n) is 2.55. The Hall–Kier alpha value is -2.18. The van der Waals surface area contributed by atoms with Crippen LogP contribution in [0.5, 0.6) is 0 Å². The number of carbonyl (C=O) groups is 1. The van der Waals surface area contributed by atoms with Gasteiger partial charge in [-0.3, -0.25) is 10.1 Å². The lowest BCUT2D eigenvalue weighted by molar-refractivity contribution is -0.385. The van der Waals surface area contributed by atoms with Gasteiger partial charge < -0.3 is 10.4 Å². The quantitative estimate of drug-likeness (QED) is 0.637. The molecular weight excluding hydrogens is 274 g/mol. The molecule has 0 aliphatic rings. The molecule has 7 nitrogen and oxygen atoms in total. The van der Waals surface area contributed by atoms with Crippen molar-refractivity contribution >= 4 is 17.5 Å². The first kappa shape index (κ1) is 16.9. The molecule has 0 fully saturated rings. The molecule has 0 spiro atoms. The Morgan fingerprint density at radius 3 is 2.38 bits per heavy atom. The molecule has 0 radical (unpaired) electrons. The maximum Gasteiger partial charge on any atom is 0.342 e. The van der Waals surface area contributed by atoms with Crippen LogP contribution in [0.1, 0.15) is 51.4 Å². The van der Waals surface area contributed by atoms with Gasteiger partial charge in [-0.25, -0.2) is 9.78 Å². The molecule has 0 bridgehead atoms. The summed E-state index contributed by atoms with van der Waals surface area (Å²) < 4.78 is 0. The number of aromatic carboxylic acids is 1. The van der Waals surface area contributed by atoms with Gasteiger partial charge in [-0.2, -0.15) is 0 Å². The van der Waals surface area contributed by atoms with Crippen LogP contribution in [0.15, 0.2) is 12.3 Å². The van der Waals surface area contributed by atoms with Crippen LogP contribution in [0.25, 0.3) is 0 Å². The number of aromatic nitrogens is 1. The molecule has 1 heterocycles. The summed E-state index contributed by atoms with van der Waals surface area (Å²) >= 11 is 0. The average molecular weight is 295 g/mol. The number of nitro groups is 1. The van der Waals surface area contributed by atoms with Crippen LogP contribution in [0.4, 0.5) is 11.5 Å². The molecule has 1 aromatic heterocycles. The third-order valence-corrected chi connectivity index (χ3v) is 2.75. The van der Waals surface area contributed by atoms with E-state index in [0.29, 0.717) is 5.82 Å². The number of hydrogen-bond donors (Lipinski definition) is 2. The van der Waals surface area contributed by atoms with Crippen LogP contribution in [0, 0.1) is 15.5 Å². The summed E-state index contributed by atoms with van der Waals surface area (Å²) in [6.45, 7) is 10.2. The predicted octanol–water partition coefficient (Wildman–Crippen LogP) is 3.31. The molecule has 2 N–H and O–H groups in total. The highest BCUT2D eigenvalue weighted by molar-refractivity contribution is 5.93. The molecule has 1 rings (SSSR count). The molecule has 0 unspecified atom stereocenters. The molecule has 1 aromatic rings. The van der Waals surface area contributed by atoms with Gasteiger partial charge in [0.25, 0.3) is 0 Å². The number of anilines is 1. The summed E-state index contributed by atoms with van der Waals surface area (Å²) in [6.07, 6.45) is 1.79. The fourth-order valence-corrected chi connectivity index (χ4v) is 2.55. The SMILES string of the molecule is CC(C)(C)CC(C)(C)Nc1cc(C(=O)O)c([N+](=O)[O-])cn1. The predicted molar refractivity (Wildman–Crippen MR) is 79.6 cm³/mol. The van der Waals surface area contributed by atoms with Gasteiger partial charge in [-0.1, -0.05) is 20.8 Å². The highest BCUT2D eigenvalue weighted by Crippen LogP contribution is 2.30. The Morgan fingerprint density at radius 1 is 1.38 bits per heavy atom. The van der Waals surface area contributed by atoms with Crippen molar-refractivity contribution in [3.63, 3.8) is 0 Å². The second-order valence-corrected chi connectivity index (χ2v) is 6.90. The topological polar surface area (TPSA) is 105 Å². The van der Waals surface area contributed by atoms with Crippen LogP contribution in [0.2, 0.25) is 0 Å². The van der Waals surface area contributed by atoms with Crippen molar-refractivity contribution in [1.82, 2.24) is 4.98 Å². The Balaban J connectivity index is 3.08. The molecular formula is C14H21N3O4. The van der Waals surface area contributed by atoms with Crippen LogP contribution in [0.3, 0.4) is 0 Å². The van der Waals surface area contributed by atoms with Crippen molar-refractivity contribution in [3.8, 4) is 0 Å². The number of pyridine rings is 1. The Kier molecular flexibility index (Phi) is 4.56. The average Bonchev–Trinajstić information content (AvgIpc) is 2.24. The summed E-state index contributed by atoms with van der Waals surface area (Å²) in [5.41, 5.74) is -1.13. The fraction of sp³-hybridized carbons (Fsp3) is 0.571. The van der Waals surface area contributed by atoms with Gasteiger partial charge in [0.15, 0.2) is 0 Å². The maximum atomic E-state index is 11.1. The number of rotatable bonds is 5. The largest absolute Gasteiger partial charge is 0.477 e. The highest BCUT2D eigenvalue weighted by atomic mass is 16.6. The zero-order valence-electron chi connectivity index (χ0n) is 12.9. The van der Waals surface area contributed by atoms with Crippen molar-refractivity contribution in [1.29, 1.82) is 0 Å². The summed E-state index contributed by atoms with van der Waals surface area (Å²) in [4.78, 5) is 25.1. The number of carboxylic acid groups (broad SMARTS) is 1. The van der Waals surface area contributed by atoms with Crippen molar-refractivity contribution < 1.29 is 14.8 Å². The lowest BCUT2D eigenvalue weighted by Gasteiger charge is -2.33. The van der Waals surface area contributed by atoms with Crippen molar-refractivity contribution in [2.24, 2.45) is 5.41 Å². The third kappa shape index (κ3) is 5.02. The van der Waals surface area contributed by atoms with Gasteiger partial charge in [-0.15, -0.1) is 0 Å². The third-order valence-electron chi connectivity index (χ3n) is 2.75. The molecule has 116 valence electrons. The van der Waals surface area contributed by atoms with Crippen LogP contribution in [-0.4, -0.2) is 26.5 Å². The number of carboxylic acids is 1. The Bertz CT molecular complexity index is 562. The van der Waals surface area contributed by atoms with E-state index in [9.17, 15) is 14.9 Å². The Labute approximate surface area is 123 Å². The molecule has 0 aliphatic heterocycles. The minimum absolute atomic E-state index is 0.0763. The van der Waals surface area contributed by atoms with E-state index in [4.69, 9.17) is 5.11 Å². The van der Waals surface area contributed by atoms with E-state index in [0.717, 1.165) is 12.6 Å². The molecule has 0 saturated heterocycles. The van der Waals surface area contributed by atoms with Gasteiger partial charge in [0.05, 0.1) is 4.92 Å².